The number of nitrogens with two attached hydrogens (primary N) is 1. The Balaban J connectivity index is 0.00000200. The summed E-state index contributed by atoms with van der Waals surface area (Å²) in [4.78, 5) is 12.3. The second-order valence-corrected chi connectivity index (χ2v) is 5.95. The molecule has 1 saturated carbocycles. The van der Waals surface area contributed by atoms with E-state index in [2.05, 4.69) is 25.2 Å². The van der Waals surface area contributed by atoms with Gasteiger partial charge in [0.2, 0.25) is 5.91 Å². The number of carbonyl (C=O) groups excluding carboxylic acids is 1. The molecule has 1 aromatic carbocycles. The Morgan fingerprint density at radius 2 is 1.90 bits per heavy atom. The minimum absolute atomic E-state index is 0. The van der Waals surface area contributed by atoms with Gasteiger partial charge < -0.3 is 11.1 Å². The topological polar surface area (TPSA) is 55.1 Å². The van der Waals surface area contributed by atoms with Gasteiger partial charge in [-0.25, -0.2) is 0 Å². The average Bonchev–Trinajstić information content (AvgIpc) is 2.40. The number of nitrogens with one attached hydrogen (secondary N) is 1. The van der Waals surface area contributed by atoms with Gasteiger partial charge in [0.25, 0.3) is 0 Å². The van der Waals surface area contributed by atoms with Gasteiger partial charge in [-0.2, -0.15) is 0 Å². The van der Waals surface area contributed by atoms with E-state index in [1.54, 1.807) is 0 Å². The smallest absolute Gasteiger partial charge is 0.244 e. The largest absolute Gasteiger partial charge is 0.324 e. The summed E-state index contributed by atoms with van der Waals surface area (Å²) in [6, 6.07) is 8.03. The quantitative estimate of drug-likeness (QED) is 0.890. The van der Waals surface area contributed by atoms with Crippen LogP contribution in [0.15, 0.2) is 24.3 Å². The molecular formula is C16H25ClN2O. The van der Waals surface area contributed by atoms with Crippen LogP contribution < -0.4 is 11.1 Å². The van der Waals surface area contributed by atoms with Crippen LogP contribution in [0.5, 0.6) is 0 Å². The van der Waals surface area contributed by atoms with Crippen LogP contribution in [0.25, 0.3) is 0 Å². The van der Waals surface area contributed by atoms with Gasteiger partial charge in [0, 0.05) is 5.69 Å². The molecule has 0 heterocycles. The summed E-state index contributed by atoms with van der Waals surface area (Å²) < 4.78 is 0. The van der Waals surface area contributed by atoms with Gasteiger partial charge in [0.15, 0.2) is 0 Å². The third-order valence-corrected chi connectivity index (χ3v) is 4.01. The highest BCUT2D eigenvalue weighted by Crippen LogP contribution is 2.27. The predicted octanol–water partition coefficient (Wildman–Crippen LogP) is 3.83. The van der Waals surface area contributed by atoms with Crippen molar-refractivity contribution >= 4 is 24.0 Å². The average molecular weight is 297 g/mol. The molecule has 1 aromatic rings. The second kappa shape index (κ2) is 7.09. The third kappa shape index (κ3) is 3.97. The van der Waals surface area contributed by atoms with Crippen molar-refractivity contribution in [2.75, 3.05) is 5.32 Å². The van der Waals surface area contributed by atoms with Crippen LogP contribution in [0.3, 0.4) is 0 Å². The Kier molecular flexibility index (Phi) is 6.03. The molecule has 20 heavy (non-hydrogen) atoms. The van der Waals surface area contributed by atoms with Crippen molar-refractivity contribution in [3.8, 4) is 0 Å². The molecular weight excluding hydrogens is 272 g/mol. The van der Waals surface area contributed by atoms with Crippen molar-refractivity contribution in [3.63, 3.8) is 0 Å². The lowest BCUT2D eigenvalue weighted by Crippen LogP contribution is -2.52. The summed E-state index contributed by atoms with van der Waals surface area (Å²) in [7, 11) is 0. The molecule has 1 amide bonds. The summed E-state index contributed by atoms with van der Waals surface area (Å²) >= 11 is 0. The maximum Gasteiger partial charge on any atom is 0.244 e. The SMILES string of the molecule is CC(C)c1cccc(NC(=O)C2(N)CCCCC2)c1.Cl. The minimum atomic E-state index is -0.675. The number of rotatable bonds is 3. The van der Waals surface area contributed by atoms with E-state index < -0.39 is 5.54 Å². The van der Waals surface area contributed by atoms with Crippen LogP contribution in [-0.2, 0) is 4.79 Å². The van der Waals surface area contributed by atoms with Gasteiger partial charge in [-0.05, 0) is 36.5 Å². The maximum atomic E-state index is 12.3. The fraction of sp³-hybridized carbons (Fsp3) is 0.562. The van der Waals surface area contributed by atoms with E-state index in [1.807, 2.05) is 18.2 Å². The molecule has 1 aliphatic rings. The van der Waals surface area contributed by atoms with Crippen molar-refractivity contribution in [2.45, 2.75) is 57.4 Å². The Bertz CT molecular complexity index is 454. The Morgan fingerprint density at radius 3 is 2.50 bits per heavy atom. The minimum Gasteiger partial charge on any atom is -0.324 e. The zero-order valence-corrected chi connectivity index (χ0v) is 13.1. The second-order valence-electron chi connectivity index (χ2n) is 5.95. The summed E-state index contributed by atoms with van der Waals surface area (Å²) in [5.41, 5.74) is 7.64. The molecule has 4 heteroatoms. The first kappa shape index (κ1) is 17.0. The summed E-state index contributed by atoms with van der Waals surface area (Å²) in [6.45, 7) is 4.29. The van der Waals surface area contributed by atoms with Crippen LogP contribution in [0, 0.1) is 0 Å². The highest BCUT2D eigenvalue weighted by molar-refractivity contribution is 5.98. The van der Waals surface area contributed by atoms with Gasteiger partial charge in [0.05, 0.1) is 5.54 Å². The summed E-state index contributed by atoms with van der Waals surface area (Å²) in [5.74, 6) is 0.423. The number of carbonyl (C=O) groups is 1. The highest BCUT2D eigenvalue weighted by atomic mass is 35.5. The van der Waals surface area contributed by atoms with Gasteiger partial charge in [-0.1, -0.05) is 45.2 Å². The first-order chi connectivity index (χ1) is 9.01. The Hall–Kier alpha value is -1.06. The van der Waals surface area contributed by atoms with Crippen molar-refractivity contribution in [1.82, 2.24) is 0 Å². The van der Waals surface area contributed by atoms with Gasteiger partial charge in [-0.3, -0.25) is 4.79 Å². The number of amides is 1. The van der Waals surface area contributed by atoms with Crippen LogP contribution in [0.2, 0.25) is 0 Å². The maximum absolute atomic E-state index is 12.3. The zero-order chi connectivity index (χ0) is 13.9. The molecule has 2 rings (SSSR count). The number of hydrogen-bond donors (Lipinski definition) is 2. The summed E-state index contributed by atoms with van der Waals surface area (Å²) in [5, 5.41) is 2.98. The number of benzene rings is 1. The highest BCUT2D eigenvalue weighted by Gasteiger charge is 2.35. The molecule has 0 spiro atoms. The van der Waals surface area contributed by atoms with E-state index in [0.29, 0.717) is 5.92 Å². The van der Waals surface area contributed by atoms with E-state index in [4.69, 9.17) is 5.73 Å². The van der Waals surface area contributed by atoms with Crippen molar-refractivity contribution in [1.29, 1.82) is 0 Å². The molecule has 3 nitrogen and oxygen atoms in total. The molecule has 0 bridgehead atoms. The van der Waals surface area contributed by atoms with Gasteiger partial charge in [0.1, 0.15) is 0 Å². The third-order valence-electron chi connectivity index (χ3n) is 4.01. The fourth-order valence-corrected chi connectivity index (χ4v) is 2.64. The molecule has 112 valence electrons. The lowest BCUT2D eigenvalue weighted by Gasteiger charge is -2.31. The summed E-state index contributed by atoms with van der Waals surface area (Å²) in [6.07, 6.45) is 4.88. The molecule has 3 N–H and O–H groups in total. The van der Waals surface area contributed by atoms with E-state index >= 15 is 0 Å². The van der Waals surface area contributed by atoms with E-state index in [1.165, 1.54) is 12.0 Å². The molecule has 0 radical (unpaired) electrons. The molecule has 0 saturated heterocycles. The first-order valence-electron chi connectivity index (χ1n) is 7.21. The normalized spacial score (nSPS) is 17.4. The fourth-order valence-electron chi connectivity index (χ4n) is 2.64. The molecule has 1 aliphatic carbocycles. The first-order valence-corrected chi connectivity index (χ1v) is 7.21. The predicted molar refractivity (Wildman–Crippen MR) is 86.4 cm³/mol. The molecule has 0 aliphatic heterocycles. The standard InChI is InChI=1S/C16H24N2O.ClH/c1-12(2)13-7-6-8-14(11-13)18-15(19)16(17)9-4-3-5-10-16;/h6-8,11-12H,3-5,9-10,17H2,1-2H3,(H,18,19);1H. The van der Waals surface area contributed by atoms with E-state index in [0.717, 1.165) is 31.4 Å². The van der Waals surface area contributed by atoms with Crippen molar-refractivity contribution < 1.29 is 4.79 Å². The molecule has 0 atom stereocenters. The molecule has 0 unspecified atom stereocenters. The number of halogens is 1. The number of anilines is 1. The zero-order valence-electron chi connectivity index (χ0n) is 12.3. The molecule has 0 aromatic heterocycles. The molecule has 1 fully saturated rings. The van der Waals surface area contributed by atoms with Crippen LogP contribution in [0.4, 0.5) is 5.69 Å². The van der Waals surface area contributed by atoms with E-state index in [9.17, 15) is 4.79 Å². The van der Waals surface area contributed by atoms with Gasteiger partial charge >= 0.3 is 0 Å². The number of hydrogen-bond acceptors (Lipinski definition) is 2. The van der Waals surface area contributed by atoms with Gasteiger partial charge in [-0.15, -0.1) is 12.4 Å². The monoisotopic (exact) mass is 296 g/mol. The lowest BCUT2D eigenvalue weighted by molar-refractivity contribution is -0.122. The van der Waals surface area contributed by atoms with Crippen molar-refractivity contribution in [3.05, 3.63) is 29.8 Å². The van der Waals surface area contributed by atoms with Crippen LogP contribution in [-0.4, -0.2) is 11.4 Å². The lowest BCUT2D eigenvalue weighted by atomic mass is 9.82. The van der Waals surface area contributed by atoms with E-state index in [-0.39, 0.29) is 18.3 Å². The Labute approximate surface area is 127 Å². The Morgan fingerprint density at radius 1 is 1.25 bits per heavy atom. The van der Waals surface area contributed by atoms with Crippen molar-refractivity contribution in [2.24, 2.45) is 5.73 Å². The van der Waals surface area contributed by atoms with Crippen LogP contribution in [0.1, 0.15) is 57.4 Å². The van der Waals surface area contributed by atoms with Crippen LogP contribution >= 0.6 is 12.4 Å².